The Balaban J connectivity index is 0.000000212. The maximum atomic E-state index is 13.6. The summed E-state index contributed by atoms with van der Waals surface area (Å²) in [6.45, 7) is 10.7. The summed E-state index contributed by atoms with van der Waals surface area (Å²) in [4.78, 5) is 4.28. The van der Waals surface area contributed by atoms with Gasteiger partial charge < -0.3 is 19.3 Å². The Morgan fingerprint density at radius 3 is 1.76 bits per heavy atom. The van der Waals surface area contributed by atoms with Gasteiger partial charge in [-0.3, -0.25) is 9.80 Å². The molecule has 2 heterocycles. The second kappa shape index (κ2) is 19.9. The molecule has 0 saturated carbocycles. The van der Waals surface area contributed by atoms with Gasteiger partial charge in [-0.25, -0.2) is 13.2 Å². The Labute approximate surface area is 314 Å². The number of likely N-dealkylation sites (tertiary alicyclic amines) is 2. The summed E-state index contributed by atoms with van der Waals surface area (Å²) in [6, 6.07) is 24.1. The van der Waals surface area contributed by atoms with Crippen molar-refractivity contribution in [3.63, 3.8) is 0 Å². The molecule has 2 unspecified atom stereocenters. The largest absolute Gasteiger partial charge is 0.489 e. The van der Waals surface area contributed by atoms with E-state index in [0.29, 0.717) is 45.1 Å². The van der Waals surface area contributed by atoms with Crippen LogP contribution in [0.2, 0.25) is 0 Å². The van der Waals surface area contributed by atoms with Crippen LogP contribution in [0.1, 0.15) is 50.7 Å². The molecule has 54 heavy (non-hydrogen) atoms. The van der Waals surface area contributed by atoms with Gasteiger partial charge in [0.1, 0.15) is 30.4 Å². The first kappa shape index (κ1) is 42.5. The predicted octanol–water partition coefficient (Wildman–Crippen LogP) is 9.34. The van der Waals surface area contributed by atoms with Crippen LogP contribution in [0.3, 0.4) is 0 Å². The second-order valence-electron chi connectivity index (χ2n) is 14.2. The number of aliphatic hydroxyl groups is 1. The van der Waals surface area contributed by atoms with E-state index in [1.54, 1.807) is 48.5 Å². The lowest BCUT2D eigenvalue weighted by Gasteiger charge is -2.40. The standard InChI is InChI=1S/C21H23F4NO2.C14H20FNO2.C7H7F/c1-20(28-17-7-4-6-16(14-17)21(23,24)25)10-5-11-26(15-20)12-13-27-19-9-3-2-8-18(19)22;1-14(17)7-4-8-16(11-14)9-10-18-13-6-3-2-5-12(13)15;1-6-3-2-4-7(8)5-6/h2-4,6-9,14H,5,10-13,15H2,1H3;2-3,5-6,17H,4,7-11H2,1H3;2-5H,1H3. The van der Waals surface area contributed by atoms with Crippen LogP contribution in [0.15, 0.2) is 97.1 Å². The van der Waals surface area contributed by atoms with Gasteiger partial charge in [0.15, 0.2) is 23.1 Å². The van der Waals surface area contributed by atoms with Gasteiger partial charge in [-0.05, 0) is 120 Å². The van der Waals surface area contributed by atoms with E-state index in [4.69, 9.17) is 14.2 Å². The smallest absolute Gasteiger partial charge is 0.416 e. The van der Waals surface area contributed by atoms with Gasteiger partial charge in [-0.2, -0.15) is 13.2 Å². The van der Waals surface area contributed by atoms with Crippen molar-refractivity contribution in [3.8, 4) is 17.2 Å². The van der Waals surface area contributed by atoms with Crippen LogP contribution in [0.4, 0.5) is 26.3 Å². The predicted molar refractivity (Wildman–Crippen MR) is 197 cm³/mol. The zero-order valence-electron chi connectivity index (χ0n) is 31.1. The first-order chi connectivity index (χ1) is 25.6. The molecule has 294 valence electrons. The number of aryl methyl sites for hydroxylation is 1. The highest BCUT2D eigenvalue weighted by molar-refractivity contribution is 5.31. The highest BCUT2D eigenvalue weighted by Crippen LogP contribution is 2.34. The highest BCUT2D eigenvalue weighted by Gasteiger charge is 2.35. The van der Waals surface area contributed by atoms with Gasteiger partial charge in [0.2, 0.25) is 0 Å². The Bertz CT molecular complexity index is 1720. The molecule has 2 saturated heterocycles. The first-order valence-electron chi connectivity index (χ1n) is 18.1. The fraction of sp³-hybridized carbons (Fsp3) is 0.429. The summed E-state index contributed by atoms with van der Waals surface area (Å²) in [5.41, 5.74) is -0.957. The van der Waals surface area contributed by atoms with E-state index in [2.05, 4.69) is 9.80 Å². The highest BCUT2D eigenvalue weighted by atomic mass is 19.4. The summed E-state index contributed by atoms with van der Waals surface area (Å²) in [7, 11) is 0. The number of ether oxygens (including phenoxy) is 3. The zero-order valence-corrected chi connectivity index (χ0v) is 31.1. The van der Waals surface area contributed by atoms with E-state index in [1.807, 2.05) is 26.8 Å². The van der Waals surface area contributed by atoms with E-state index >= 15 is 0 Å². The van der Waals surface area contributed by atoms with Crippen molar-refractivity contribution in [2.45, 2.75) is 63.8 Å². The van der Waals surface area contributed by atoms with Crippen molar-refractivity contribution < 1.29 is 45.7 Å². The molecular weight excluding hydrogens is 710 g/mol. The molecule has 2 atom stereocenters. The average molecular weight is 761 g/mol. The Hall–Kier alpha value is -4.26. The van der Waals surface area contributed by atoms with Gasteiger partial charge in [0, 0.05) is 26.2 Å². The van der Waals surface area contributed by atoms with Gasteiger partial charge in [0.25, 0.3) is 0 Å². The summed E-state index contributed by atoms with van der Waals surface area (Å²) in [5.74, 6) is -0.183. The third kappa shape index (κ3) is 14.5. The molecule has 4 aromatic rings. The lowest BCUT2D eigenvalue weighted by atomic mass is 9.94. The first-order valence-corrected chi connectivity index (χ1v) is 18.1. The average Bonchev–Trinajstić information content (AvgIpc) is 3.10. The van der Waals surface area contributed by atoms with Crippen molar-refractivity contribution in [2.24, 2.45) is 0 Å². The molecule has 12 heteroatoms. The fourth-order valence-corrected chi connectivity index (χ4v) is 6.42. The van der Waals surface area contributed by atoms with Crippen molar-refractivity contribution >= 4 is 0 Å². The van der Waals surface area contributed by atoms with Crippen molar-refractivity contribution in [3.05, 3.63) is 126 Å². The molecule has 2 aliphatic heterocycles. The molecule has 0 aromatic heterocycles. The molecule has 6 nitrogen and oxygen atoms in total. The molecule has 4 aromatic carbocycles. The minimum absolute atomic E-state index is 0.162. The van der Waals surface area contributed by atoms with Crippen molar-refractivity contribution in [1.29, 1.82) is 0 Å². The number of benzene rings is 4. The Kier molecular flexibility index (Phi) is 15.6. The van der Waals surface area contributed by atoms with Crippen LogP contribution in [-0.2, 0) is 6.18 Å². The minimum atomic E-state index is -4.40. The zero-order chi connectivity index (χ0) is 39.2. The Morgan fingerprint density at radius 2 is 1.24 bits per heavy atom. The van der Waals surface area contributed by atoms with E-state index in [-0.39, 0.29) is 23.1 Å². The quantitative estimate of drug-likeness (QED) is 0.163. The van der Waals surface area contributed by atoms with Gasteiger partial charge in [-0.15, -0.1) is 0 Å². The molecule has 0 spiro atoms. The molecule has 0 radical (unpaired) electrons. The van der Waals surface area contributed by atoms with Crippen LogP contribution < -0.4 is 14.2 Å². The number of hydrogen-bond acceptors (Lipinski definition) is 6. The molecule has 2 aliphatic rings. The summed E-state index contributed by atoms with van der Waals surface area (Å²) in [5, 5.41) is 9.96. The van der Waals surface area contributed by atoms with Gasteiger partial charge >= 0.3 is 6.18 Å². The number of β-amino-alcohol motifs (C(OH)–C–C–N with tert-alkyl or cyclic N) is 1. The molecule has 6 rings (SSSR count). The number of alkyl halides is 3. The van der Waals surface area contributed by atoms with E-state index in [9.17, 15) is 31.4 Å². The Morgan fingerprint density at radius 1 is 0.685 bits per heavy atom. The minimum Gasteiger partial charge on any atom is -0.489 e. The number of hydrogen-bond donors (Lipinski definition) is 1. The number of piperidine rings is 2. The summed E-state index contributed by atoms with van der Waals surface area (Å²) in [6.07, 6.45) is -0.962. The van der Waals surface area contributed by atoms with Crippen LogP contribution >= 0.6 is 0 Å². The molecule has 1 N–H and O–H groups in total. The number of nitrogens with zero attached hydrogens (tertiary/aromatic N) is 2. The molecular formula is C42H50F6N2O4. The lowest BCUT2D eigenvalue weighted by Crippen LogP contribution is -2.50. The van der Waals surface area contributed by atoms with Gasteiger partial charge in [0.05, 0.1) is 11.2 Å². The van der Waals surface area contributed by atoms with Crippen molar-refractivity contribution in [1.82, 2.24) is 9.80 Å². The van der Waals surface area contributed by atoms with Crippen LogP contribution in [-0.4, -0.2) is 78.6 Å². The molecule has 2 fully saturated rings. The number of rotatable bonds is 10. The van der Waals surface area contributed by atoms with Crippen molar-refractivity contribution in [2.75, 3.05) is 52.5 Å². The van der Waals surface area contributed by atoms with E-state index < -0.39 is 28.8 Å². The van der Waals surface area contributed by atoms with E-state index in [1.165, 1.54) is 30.3 Å². The maximum absolute atomic E-state index is 13.6. The second-order valence-corrected chi connectivity index (χ2v) is 14.2. The monoisotopic (exact) mass is 760 g/mol. The normalized spacial score (nSPS) is 20.5. The fourth-order valence-electron chi connectivity index (χ4n) is 6.42. The lowest BCUT2D eigenvalue weighted by molar-refractivity contribution is -0.137. The van der Waals surface area contributed by atoms with Crippen LogP contribution in [0, 0.1) is 24.4 Å². The molecule has 0 bridgehead atoms. The molecule has 0 aliphatic carbocycles. The summed E-state index contributed by atoms with van der Waals surface area (Å²) < 4.78 is 94.6. The maximum Gasteiger partial charge on any atom is 0.416 e. The third-order valence-corrected chi connectivity index (χ3v) is 9.00. The third-order valence-electron chi connectivity index (χ3n) is 9.00. The topological polar surface area (TPSA) is 54.4 Å². The molecule has 0 amide bonds. The van der Waals surface area contributed by atoms with Crippen LogP contribution in [0.25, 0.3) is 0 Å². The number of para-hydroxylation sites is 2. The van der Waals surface area contributed by atoms with E-state index in [0.717, 1.165) is 56.5 Å². The number of halogens is 6. The van der Waals surface area contributed by atoms with Gasteiger partial charge in [-0.1, -0.05) is 42.5 Å². The van der Waals surface area contributed by atoms with Crippen LogP contribution in [0.5, 0.6) is 17.2 Å². The summed E-state index contributed by atoms with van der Waals surface area (Å²) >= 11 is 0. The SMILES string of the molecule is CC1(O)CCCN(CCOc2ccccc2F)C1.CC1(Oc2cccc(C(F)(F)F)c2)CCCN(CCOc2ccccc2F)C1.Cc1cccc(F)c1.